The van der Waals surface area contributed by atoms with E-state index in [-0.39, 0.29) is 36.8 Å². The minimum atomic E-state index is -2.53. The molecule has 0 aliphatic carbocycles. The average Bonchev–Trinajstić information content (AvgIpc) is 2.97. The first-order valence-electron chi connectivity index (χ1n) is 8.39. The first-order valence-corrected chi connectivity index (χ1v) is 9.27. The van der Waals surface area contributed by atoms with Crippen LogP contribution in [0.25, 0.3) is 0 Å². The van der Waals surface area contributed by atoms with Crippen molar-refractivity contribution in [3.63, 3.8) is 0 Å². The highest BCUT2D eigenvalue weighted by molar-refractivity contribution is 7.99. The number of alkyl halides is 2. The number of halogens is 3. The Morgan fingerprint density at radius 3 is 2.52 bits per heavy atom. The first-order chi connectivity index (χ1) is 12.5. The van der Waals surface area contributed by atoms with Crippen molar-refractivity contribution < 1.29 is 13.6 Å². The van der Waals surface area contributed by atoms with Gasteiger partial charge in [0, 0.05) is 29.9 Å². The maximum Gasteiger partial charge on any atom is 0.288 e. The van der Waals surface area contributed by atoms with Crippen molar-refractivity contribution in [2.24, 2.45) is 5.73 Å². The van der Waals surface area contributed by atoms with E-state index in [1.165, 1.54) is 5.56 Å². The van der Waals surface area contributed by atoms with Crippen molar-refractivity contribution in [3.05, 3.63) is 60.2 Å². The van der Waals surface area contributed by atoms with Gasteiger partial charge < -0.3 is 11.1 Å². The molecule has 1 fully saturated rings. The lowest BCUT2D eigenvalue weighted by molar-refractivity contribution is -0.117. The fraction of sp³-hybridized carbons (Fsp3) is 0.316. The van der Waals surface area contributed by atoms with Crippen molar-refractivity contribution >= 4 is 35.8 Å². The molecule has 0 spiro atoms. The van der Waals surface area contributed by atoms with Gasteiger partial charge >= 0.3 is 0 Å². The number of nitrogens with one attached hydrogen (secondary N) is 1. The van der Waals surface area contributed by atoms with Crippen LogP contribution in [0.5, 0.6) is 0 Å². The second-order valence-electron chi connectivity index (χ2n) is 6.30. The van der Waals surface area contributed by atoms with E-state index in [9.17, 15) is 13.6 Å². The van der Waals surface area contributed by atoms with Gasteiger partial charge in [-0.2, -0.15) is 8.78 Å². The zero-order valence-corrected chi connectivity index (χ0v) is 16.2. The predicted molar refractivity (Wildman–Crippen MR) is 108 cm³/mol. The molecule has 4 nitrogen and oxygen atoms in total. The number of nitrogens with two attached hydrogens (primary N) is 1. The number of rotatable bonds is 6. The molecule has 1 aliphatic heterocycles. The van der Waals surface area contributed by atoms with Gasteiger partial charge in [0.25, 0.3) is 5.76 Å². The lowest BCUT2D eigenvalue weighted by Gasteiger charge is -2.16. The summed E-state index contributed by atoms with van der Waals surface area (Å²) < 4.78 is 25.3. The Labute approximate surface area is 167 Å². The molecule has 3 N–H and O–H groups in total. The molecule has 8 heteroatoms. The van der Waals surface area contributed by atoms with Gasteiger partial charge in [-0.1, -0.05) is 54.2 Å². The van der Waals surface area contributed by atoms with Gasteiger partial charge in [0.2, 0.25) is 5.91 Å². The molecule has 0 radical (unpaired) electrons. The fourth-order valence-corrected chi connectivity index (χ4v) is 3.85. The van der Waals surface area contributed by atoms with Crippen LogP contribution in [0.3, 0.4) is 0 Å². The normalized spacial score (nSPS) is 19.7. The molecule has 1 heterocycles. The van der Waals surface area contributed by atoms with Crippen LogP contribution >= 0.6 is 24.2 Å². The first kappa shape index (κ1) is 21.6. The van der Waals surface area contributed by atoms with Crippen molar-refractivity contribution in [3.8, 4) is 0 Å². The smallest absolute Gasteiger partial charge is 0.288 e. The van der Waals surface area contributed by atoms with Gasteiger partial charge in [0.1, 0.15) is 0 Å². The van der Waals surface area contributed by atoms with E-state index >= 15 is 0 Å². The van der Waals surface area contributed by atoms with E-state index in [0.717, 1.165) is 0 Å². The summed E-state index contributed by atoms with van der Waals surface area (Å²) in [5, 5.41) is 2.74. The molecule has 1 amide bonds. The van der Waals surface area contributed by atoms with E-state index in [0.29, 0.717) is 35.4 Å². The number of para-hydroxylation sites is 1. The summed E-state index contributed by atoms with van der Waals surface area (Å²) in [6.45, 7) is 1.51. The number of anilines is 1. The number of hydrogen-bond donors (Lipinski definition) is 2. The van der Waals surface area contributed by atoms with Crippen molar-refractivity contribution in [1.29, 1.82) is 0 Å². The molecule has 146 valence electrons. The molecule has 0 unspecified atom stereocenters. The van der Waals surface area contributed by atoms with Gasteiger partial charge in [-0.15, -0.1) is 12.4 Å². The van der Waals surface area contributed by atoms with E-state index in [2.05, 4.69) is 5.32 Å². The summed E-state index contributed by atoms with van der Waals surface area (Å²) in [6.07, 6.45) is 0. The Morgan fingerprint density at radius 1 is 1.15 bits per heavy atom. The Balaban J connectivity index is 0.00000261. The molecule has 2 atom stereocenters. The minimum absolute atomic E-state index is 0. The van der Waals surface area contributed by atoms with Crippen LogP contribution in [-0.2, 0) is 4.79 Å². The van der Waals surface area contributed by atoms with E-state index < -0.39 is 5.76 Å². The van der Waals surface area contributed by atoms with E-state index in [4.69, 9.17) is 5.73 Å². The van der Waals surface area contributed by atoms with Gasteiger partial charge in [-0.05, 0) is 17.7 Å². The molecule has 0 aromatic heterocycles. The van der Waals surface area contributed by atoms with Gasteiger partial charge in [-0.3, -0.25) is 9.69 Å². The van der Waals surface area contributed by atoms with Crippen molar-refractivity contribution in [2.75, 3.05) is 25.0 Å². The zero-order valence-electron chi connectivity index (χ0n) is 14.6. The number of hydrogen-bond acceptors (Lipinski definition) is 4. The summed E-state index contributed by atoms with van der Waals surface area (Å²) >= 11 is 0.426. The van der Waals surface area contributed by atoms with Gasteiger partial charge in [-0.25, -0.2) is 0 Å². The Bertz CT molecular complexity index is 751. The number of nitrogens with zero attached hydrogens (tertiary/aromatic N) is 1. The minimum Gasteiger partial charge on any atom is -0.326 e. The summed E-state index contributed by atoms with van der Waals surface area (Å²) in [4.78, 5) is 14.7. The lowest BCUT2D eigenvalue weighted by atomic mass is 9.95. The number of benzene rings is 2. The molecule has 2 aromatic carbocycles. The van der Waals surface area contributed by atoms with Gasteiger partial charge in [0.05, 0.1) is 12.2 Å². The molecule has 1 saturated heterocycles. The second kappa shape index (κ2) is 10.0. The molecule has 2 aromatic rings. The molecule has 3 rings (SSSR count). The van der Waals surface area contributed by atoms with Crippen LogP contribution in [0.4, 0.5) is 14.5 Å². The number of likely N-dealkylation sites (tertiary alicyclic amines) is 1. The number of carbonyl (C=O) groups is 1. The molecular weight excluding hydrogens is 392 g/mol. The molecular formula is C19H22ClF2N3OS. The third-order valence-corrected chi connectivity index (χ3v) is 5.20. The highest BCUT2D eigenvalue weighted by atomic mass is 35.5. The predicted octanol–water partition coefficient (Wildman–Crippen LogP) is 3.79. The van der Waals surface area contributed by atoms with Crippen LogP contribution in [0, 0.1) is 0 Å². The quantitative estimate of drug-likeness (QED) is 0.707. The van der Waals surface area contributed by atoms with Crippen LogP contribution in [0.2, 0.25) is 0 Å². The third-order valence-electron chi connectivity index (χ3n) is 4.41. The monoisotopic (exact) mass is 413 g/mol. The highest BCUT2D eigenvalue weighted by Crippen LogP contribution is 2.32. The SMILES string of the molecule is Cl.N[C@@H]1CN(CC(=O)Nc2ccccc2SC(F)F)C[C@H]1c1ccccc1. The maximum atomic E-state index is 12.6. The van der Waals surface area contributed by atoms with Crippen LogP contribution in [0.1, 0.15) is 11.5 Å². The Kier molecular flexibility index (Phi) is 8.04. The van der Waals surface area contributed by atoms with E-state index in [1.54, 1.807) is 24.3 Å². The van der Waals surface area contributed by atoms with Gasteiger partial charge in [0.15, 0.2) is 0 Å². The lowest BCUT2D eigenvalue weighted by Crippen LogP contribution is -2.33. The molecule has 27 heavy (non-hydrogen) atoms. The summed E-state index contributed by atoms with van der Waals surface area (Å²) in [5.41, 5.74) is 7.82. The van der Waals surface area contributed by atoms with Crippen molar-refractivity contribution in [2.45, 2.75) is 22.6 Å². The Hall–Kier alpha value is -1.67. The Morgan fingerprint density at radius 2 is 1.81 bits per heavy atom. The van der Waals surface area contributed by atoms with Crippen LogP contribution < -0.4 is 11.1 Å². The van der Waals surface area contributed by atoms with E-state index in [1.807, 2.05) is 35.2 Å². The summed E-state index contributed by atoms with van der Waals surface area (Å²) in [5.74, 6) is -2.57. The van der Waals surface area contributed by atoms with Crippen LogP contribution in [-0.4, -0.2) is 42.2 Å². The second-order valence-corrected chi connectivity index (χ2v) is 7.33. The standard InChI is InChI=1S/C19H21F2N3OS.ClH/c20-19(21)26-17-9-5-4-8-16(17)23-18(25)12-24-10-14(15(22)11-24)13-6-2-1-3-7-13;/h1-9,14-15,19H,10-12,22H2,(H,23,25);1H/t14-,15+;/m0./s1. The average molecular weight is 414 g/mol. The summed E-state index contributed by atoms with van der Waals surface area (Å²) in [6, 6.07) is 16.6. The number of carbonyl (C=O) groups excluding carboxylic acids is 1. The number of amides is 1. The molecule has 1 aliphatic rings. The maximum absolute atomic E-state index is 12.6. The van der Waals surface area contributed by atoms with Crippen molar-refractivity contribution in [1.82, 2.24) is 4.90 Å². The highest BCUT2D eigenvalue weighted by Gasteiger charge is 2.32. The summed E-state index contributed by atoms with van der Waals surface area (Å²) in [7, 11) is 0. The molecule has 0 bridgehead atoms. The topological polar surface area (TPSA) is 58.4 Å². The fourth-order valence-electron chi connectivity index (χ4n) is 3.26. The molecule has 0 saturated carbocycles. The van der Waals surface area contributed by atoms with Crippen LogP contribution in [0.15, 0.2) is 59.5 Å². The number of thioether (sulfide) groups is 1. The largest absolute Gasteiger partial charge is 0.326 e. The zero-order chi connectivity index (χ0) is 18.5. The third kappa shape index (κ3) is 5.90.